The Kier molecular flexibility index (Phi) is 4.05. The third-order valence-corrected chi connectivity index (χ3v) is 3.52. The van der Waals surface area contributed by atoms with E-state index in [0.717, 1.165) is 11.3 Å². The van der Waals surface area contributed by atoms with Gasteiger partial charge in [0.05, 0.1) is 17.2 Å². The Balaban J connectivity index is 1.76. The van der Waals surface area contributed by atoms with E-state index in [1.807, 2.05) is 24.3 Å². The van der Waals surface area contributed by atoms with Crippen LogP contribution in [0.3, 0.4) is 0 Å². The van der Waals surface area contributed by atoms with Gasteiger partial charge in [0.2, 0.25) is 0 Å². The molecule has 116 valence electrons. The highest BCUT2D eigenvalue weighted by atomic mass is 16.6. The SMILES string of the molecule is O=C(/C=C/c1ccc([N+](=O)[O-])cc1)N1CCOc2ccccc21. The van der Waals surface area contributed by atoms with Crippen LogP contribution in [0, 0.1) is 10.1 Å². The number of carbonyl (C=O) groups excluding carboxylic acids is 1. The van der Waals surface area contributed by atoms with Gasteiger partial charge in [-0.15, -0.1) is 0 Å². The summed E-state index contributed by atoms with van der Waals surface area (Å²) < 4.78 is 5.52. The van der Waals surface area contributed by atoms with Crippen LogP contribution in [0.5, 0.6) is 5.75 Å². The molecule has 0 unspecified atom stereocenters. The van der Waals surface area contributed by atoms with Gasteiger partial charge in [-0.1, -0.05) is 12.1 Å². The Hall–Kier alpha value is -3.15. The lowest BCUT2D eigenvalue weighted by Gasteiger charge is -2.28. The van der Waals surface area contributed by atoms with Crippen LogP contribution in [0.4, 0.5) is 11.4 Å². The summed E-state index contributed by atoms with van der Waals surface area (Å²) in [5.74, 6) is 0.537. The van der Waals surface area contributed by atoms with Gasteiger partial charge in [0.25, 0.3) is 11.6 Å². The van der Waals surface area contributed by atoms with Gasteiger partial charge >= 0.3 is 0 Å². The first-order valence-corrected chi connectivity index (χ1v) is 7.11. The first-order chi connectivity index (χ1) is 11.1. The monoisotopic (exact) mass is 310 g/mol. The zero-order chi connectivity index (χ0) is 16.2. The highest BCUT2D eigenvalue weighted by molar-refractivity contribution is 6.04. The topological polar surface area (TPSA) is 72.7 Å². The van der Waals surface area contributed by atoms with Crippen molar-refractivity contribution in [1.82, 2.24) is 0 Å². The van der Waals surface area contributed by atoms with Crippen molar-refractivity contribution in [3.63, 3.8) is 0 Å². The number of benzene rings is 2. The Bertz CT molecular complexity index is 768. The predicted molar refractivity (Wildman–Crippen MR) is 86.4 cm³/mol. The summed E-state index contributed by atoms with van der Waals surface area (Å²) in [5.41, 5.74) is 1.50. The molecule has 0 saturated heterocycles. The lowest BCUT2D eigenvalue weighted by Crippen LogP contribution is -2.36. The van der Waals surface area contributed by atoms with E-state index in [0.29, 0.717) is 18.9 Å². The van der Waals surface area contributed by atoms with E-state index in [1.54, 1.807) is 23.1 Å². The molecule has 0 aromatic heterocycles. The second-order valence-corrected chi connectivity index (χ2v) is 4.99. The van der Waals surface area contributed by atoms with Crippen LogP contribution in [0.1, 0.15) is 5.56 Å². The Morgan fingerprint density at radius 3 is 2.65 bits per heavy atom. The van der Waals surface area contributed by atoms with Gasteiger partial charge in [0, 0.05) is 18.2 Å². The molecule has 0 bridgehead atoms. The van der Waals surface area contributed by atoms with Crippen molar-refractivity contribution in [2.45, 2.75) is 0 Å². The van der Waals surface area contributed by atoms with E-state index >= 15 is 0 Å². The normalized spacial score (nSPS) is 13.5. The number of anilines is 1. The van der Waals surface area contributed by atoms with Crippen molar-refractivity contribution < 1.29 is 14.5 Å². The molecule has 0 atom stereocenters. The summed E-state index contributed by atoms with van der Waals surface area (Å²) >= 11 is 0. The first-order valence-electron chi connectivity index (χ1n) is 7.11. The number of carbonyl (C=O) groups is 1. The Labute approximate surface area is 132 Å². The number of nitrogens with zero attached hydrogens (tertiary/aromatic N) is 2. The number of amides is 1. The fourth-order valence-corrected chi connectivity index (χ4v) is 2.36. The van der Waals surface area contributed by atoms with E-state index in [1.165, 1.54) is 18.2 Å². The summed E-state index contributed by atoms with van der Waals surface area (Å²) in [5, 5.41) is 10.6. The summed E-state index contributed by atoms with van der Waals surface area (Å²) in [7, 11) is 0. The molecule has 1 aliphatic rings. The first kappa shape index (κ1) is 14.8. The van der Waals surface area contributed by atoms with Crippen LogP contribution < -0.4 is 9.64 Å². The van der Waals surface area contributed by atoms with Crippen molar-refractivity contribution in [2.75, 3.05) is 18.1 Å². The van der Waals surface area contributed by atoms with E-state index < -0.39 is 4.92 Å². The lowest BCUT2D eigenvalue weighted by molar-refractivity contribution is -0.384. The van der Waals surface area contributed by atoms with Gasteiger partial charge in [-0.05, 0) is 35.9 Å². The summed E-state index contributed by atoms with van der Waals surface area (Å²) in [6.07, 6.45) is 3.10. The molecule has 0 spiro atoms. The standard InChI is InChI=1S/C17H14N2O4/c20-17(10-7-13-5-8-14(9-6-13)19(21)22)18-11-12-23-16-4-2-1-3-15(16)18/h1-10H,11-12H2/b10-7+. The molecule has 6 nitrogen and oxygen atoms in total. The van der Waals surface area contributed by atoms with Gasteiger partial charge in [0.1, 0.15) is 12.4 Å². The minimum absolute atomic E-state index is 0.0237. The molecule has 0 fully saturated rings. The maximum Gasteiger partial charge on any atom is 0.269 e. The molecular weight excluding hydrogens is 296 g/mol. The van der Waals surface area contributed by atoms with Gasteiger partial charge in [0.15, 0.2) is 0 Å². The molecule has 23 heavy (non-hydrogen) atoms. The summed E-state index contributed by atoms with van der Waals surface area (Å²) in [6.45, 7) is 0.939. The predicted octanol–water partition coefficient (Wildman–Crippen LogP) is 3.03. The largest absolute Gasteiger partial charge is 0.490 e. The summed E-state index contributed by atoms with van der Waals surface area (Å²) in [6, 6.07) is 13.4. The van der Waals surface area contributed by atoms with Crippen molar-refractivity contribution >= 4 is 23.4 Å². The fourth-order valence-electron chi connectivity index (χ4n) is 2.36. The van der Waals surface area contributed by atoms with Crippen molar-refractivity contribution in [1.29, 1.82) is 0 Å². The van der Waals surface area contributed by atoms with E-state index in [2.05, 4.69) is 0 Å². The number of nitro benzene ring substituents is 1. The second-order valence-electron chi connectivity index (χ2n) is 4.99. The lowest BCUT2D eigenvalue weighted by atomic mass is 10.2. The molecule has 0 N–H and O–H groups in total. The summed E-state index contributed by atoms with van der Waals surface area (Å²) in [4.78, 5) is 24.2. The molecule has 0 radical (unpaired) electrons. The number of ether oxygens (including phenoxy) is 1. The minimum atomic E-state index is -0.455. The van der Waals surface area contributed by atoms with Crippen molar-refractivity contribution in [2.24, 2.45) is 0 Å². The second kappa shape index (κ2) is 6.31. The highest BCUT2D eigenvalue weighted by Gasteiger charge is 2.21. The fraction of sp³-hybridized carbons (Fsp3) is 0.118. The van der Waals surface area contributed by atoms with Gasteiger partial charge in [-0.2, -0.15) is 0 Å². The van der Waals surface area contributed by atoms with Gasteiger partial charge in [-0.25, -0.2) is 0 Å². The molecule has 0 saturated carbocycles. The Morgan fingerprint density at radius 1 is 1.17 bits per heavy atom. The number of non-ortho nitro benzene ring substituents is 1. The molecule has 1 amide bonds. The van der Waals surface area contributed by atoms with E-state index in [9.17, 15) is 14.9 Å². The molecule has 1 aliphatic heterocycles. The third-order valence-electron chi connectivity index (χ3n) is 3.52. The number of hydrogen-bond donors (Lipinski definition) is 0. The average Bonchev–Trinajstić information content (AvgIpc) is 2.59. The van der Waals surface area contributed by atoms with Crippen LogP contribution in [-0.4, -0.2) is 24.0 Å². The number of fused-ring (bicyclic) bond motifs is 1. The quantitative estimate of drug-likeness (QED) is 0.496. The van der Waals surface area contributed by atoms with Crippen LogP contribution in [-0.2, 0) is 4.79 Å². The van der Waals surface area contributed by atoms with Gasteiger partial charge in [-0.3, -0.25) is 14.9 Å². The number of hydrogen-bond acceptors (Lipinski definition) is 4. The number of rotatable bonds is 3. The van der Waals surface area contributed by atoms with Crippen molar-refractivity contribution in [3.8, 4) is 5.75 Å². The highest BCUT2D eigenvalue weighted by Crippen LogP contribution is 2.31. The molecule has 2 aromatic rings. The molecule has 6 heteroatoms. The van der Waals surface area contributed by atoms with Crippen LogP contribution >= 0.6 is 0 Å². The van der Waals surface area contributed by atoms with Crippen LogP contribution in [0.2, 0.25) is 0 Å². The van der Waals surface area contributed by atoms with Gasteiger partial charge < -0.3 is 9.64 Å². The molecule has 3 rings (SSSR count). The van der Waals surface area contributed by atoms with E-state index in [4.69, 9.17) is 4.74 Å². The third kappa shape index (κ3) is 3.21. The zero-order valence-corrected chi connectivity index (χ0v) is 12.2. The number of para-hydroxylation sites is 2. The maximum atomic E-state index is 12.4. The van der Waals surface area contributed by atoms with Crippen LogP contribution in [0.25, 0.3) is 6.08 Å². The molecule has 2 aromatic carbocycles. The molecule has 0 aliphatic carbocycles. The average molecular weight is 310 g/mol. The Morgan fingerprint density at radius 2 is 1.91 bits per heavy atom. The molecular formula is C17H14N2O4. The van der Waals surface area contributed by atoms with Crippen LogP contribution in [0.15, 0.2) is 54.6 Å². The zero-order valence-electron chi connectivity index (χ0n) is 12.2. The number of nitro groups is 1. The van der Waals surface area contributed by atoms with Crippen molar-refractivity contribution in [3.05, 3.63) is 70.3 Å². The maximum absolute atomic E-state index is 12.4. The van der Waals surface area contributed by atoms with E-state index in [-0.39, 0.29) is 11.6 Å². The smallest absolute Gasteiger partial charge is 0.269 e. The molecule has 1 heterocycles. The minimum Gasteiger partial charge on any atom is -0.490 e.